The normalized spacial score (nSPS) is 32.3. The fraction of sp³-hybridized carbons (Fsp3) is 0.947. The molecule has 0 saturated carbocycles. The number of urea groups is 1. The molecule has 0 aliphatic carbocycles. The average molecular weight is 338 g/mol. The first kappa shape index (κ1) is 18.0. The Morgan fingerprint density at radius 2 is 1.92 bits per heavy atom. The largest absolute Gasteiger partial charge is 0.381 e. The molecule has 0 spiro atoms. The van der Waals surface area contributed by atoms with E-state index in [0.29, 0.717) is 23.8 Å². The van der Waals surface area contributed by atoms with Crippen molar-refractivity contribution in [3.8, 4) is 0 Å². The molecule has 24 heavy (non-hydrogen) atoms. The zero-order chi connectivity index (χ0) is 16.9. The lowest BCUT2D eigenvalue weighted by molar-refractivity contribution is -0.0511. The predicted octanol–water partition coefficient (Wildman–Crippen LogP) is 3.04. The van der Waals surface area contributed by atoms with Crippen LogP contribution in [0.3, 0.4) is 0 Å². The van der Waals surface area contributed by atoms with Crippen molar-refractivity contribution in [1.29, 1.82) is 0 Å². The molecule has 0 aromatic rings. The van der Waals surface area contributed by atoms with E-state index in [-0.39, 0.29) is 12.1 Å². The first-order chi connectivity index (χ1) is 11.7. The van der Waals surface area contributed by atoms with Crippen molar-refractivity contribution >= 4 is 6.03 Å². The fourth-order valence-electron chi connectivity index (χ4n) is 4.78. The Hall–Kier alpha value is -0.810. The van der Waals surface area contributed by atoms with Crippen molar-refractivity contribution in [2.45, 2.75) is 64.5 Å². The Morgan fingerprint density at radius 1 is 1.12 bits per heavy atom. The van der Waals surface area contributed by atoms with E-state index in [2.05, 4.69) is 24.1 Å². The number of nitrogens with one attached hydrogen (secondary N) is 1. The van der Waals surface area contributed by atoms with Crippen LogP contribution in [0.1, 0.15) is 52.4 Å². The van der Waals surface area contributed by atoms with Gasteiger partial charge in [0, 0.05) is 44.9 Å². The zero-order valence-corrected chi connectivity index (χ0v) is 15.3. The lowest BCUT2D eigenvalue weighted by Crippen LogP contribution is -2.49. The van der Waals surface area contributed by atoms with E-state index < -0.39 is 0 Å². The molecular formula is C19H34N2O3. The number of amides is 2. The number of ether oxygens (including phenoxy) is 2. The van der Waals surface area contributed by atoms with Crippen LogP contribution in [-0.2, 0) is 9.47 Å². The van der Waals surface area contributed by atoms with E-state index >= 15 is 0 Å². The summed E-state index contributed by atoms with van der Waals surface area (Å²) in [6, 6.07) is 0.550. The number of hydrogen-bond donors (Lipinski definition) is 1. The summed E-state index contributed by atoms with van der Waals surface area (Å²) in [6.07, 6.45) is 7.03. The van der Waals surface area contributed by atoms with Crippen LogP contribution in [0.5, 0.6) is 0 Å². The Balaban J connectivity index is 1.51. The highest BCUT2D eigenvalue weighted by molar-refractivity contribution is 5.74. The summed E-state index contributed by atoms with van der Waals surface area (Å²) in [5.41, 5.74) is 0. The smallest absolute Gasteiger partial charge is 0.317 e. The third kappa shape index (κ3) is 4.23. The van der Waals surface area contributed by atoms with E-state index in [1.54, 1.807) is 0 Å². The van der Waals surface area contributed by atoms with Crippen LogP contribution in [0.2, 0.25) is 0 Å². The third-order valence-electron chi connectivity index (χ3n) is 6.04. The second kappa shape index (κ2) is 8.52. The summed E-state index contributed by atoms with van der Waals surface area (Å²) in [5.74, 6) is 1.58. The summed E-state index contributed by atoms with van der Waals surface area (Å²) >= 11 is 0. The minimum Gasteiger partial charge on any atom is -0.381 e. The number of rotatable bonds is 4. The molecule has 0 radical (unpaired) electrons. The van der Waals surface area contributed by atoms with Crippen LogP contribution in [-0.4, -0.2) is 56.0 Å². The molecule has 3 saturated heterocycles. The van der Waals surface area contributed by atoms with E-state index in [1.165, 1.54) is 0 Å². The second-order valence-electron chi connectivity index (χ2n) is 8.02. The topological polar surface area (TPSA) is 50.8 Å². The monoisotopic (exact) mass is 338 g/mol. The summed E-state index contributed by atoms with van der Waals surface area (Å²) in [7, 11) is 0. The van der Waals surface area contributed by atoms with E-state index in [1.807, 2.05) is 0 Å². The van der Waals surface area contributed by atoms with Gasteiger partial charge in [0.1, 0.15) is 0 Å². The molecule has 3 atom stereocenters. The molecule has 3 aliphatic heterocycles. The Labute approximate surface area is 146 Å². The number of hydrogen-bond acceptors (Lipinski definition) is 3. The van der Waals surface area contributed by atoms with Crippen molar-refractivity contribution in [3.63, 3.8) is 0 Å². The Morgan fingerprint density at radius 3 is 2.67 bits per heavy atom. The number of likely N-dealkylation sites (tertiary alicyclic amines) is 1. The highest BCUT2D eigenvalue weighted by atomic mass is 16.5. The highest BCUT2D eigenvalue weighted by Crippen LogP contribution is 2.31. The molecule has 0 bridgehead atoms. The van der Waals surface area contributed by atoms with Crippen LogP contribution < -0.4 is 5.32 Å². The summed E-state index contributed by atoms with van der Waals surface area (Å²) in [5, 5.41) is 3.22. The van der Waals surface area contributed by atoms with Gasteiger partial charge in [-0.15, -0.1) is 0 Å². The lowest BCUT2D eigenvalue weighted by atomic mass is 9.87. The first-order valence-corrected chi connectivity index (χ1v) is 9.90. The average Bonchev–Trinajstić information content (AvgIpc) is 3.10. The van der Waals surface area contributed by atoms with Crippen molar-refractivity contribution in [2.24, 2.45) is 17.8 Å². The van der Waals surface area contributed by atoms with Crippen LogP contribution in [0, 0.1) is 17.8 Å². The van der Waals surface area contributed by atoms with Gasteiger partial charge in [-0.25, -0.2) is 4.79 Å². The van der Waals surface area contributed by atoms with Crippen molar-refractivity contribution in [2.75, 3.05) is 32.9 Å². The highest BCUT2D eigenvalue weighted by Gasteiger charge is 2.36. The molecule has 138 valence electrons. The van der Waals surface area contributed by atoms with Gasteiger partial charge in [0.25, 0.3) is 0 Å². The van der Waals surface area contributed by atoms with Gasteiger partial charge in [0.15, 0.2) is 0 Å². The van der Waals surface area contributed by atoms with Gasteiger partial charge in [0.05, 0.1) is 6.10 Å². The predicted molar refractivity (Wildman–Crippen MR) is 94.0 cm³/mol. The minimum absolute atomic E-state index is 0.136. The molecule has 5 nitrogen and oxygen atoms in total. The molecule has 1 N–H and O–H groups in total. The van der Waals surface area contributed by atoms with E-state index in [0.717, 1.165) is 71.4 Å². The van der Waals surface area contributed by atoms with Crippen molar-refractivity contribution in [1.82, 2.24) is 10.2 Å². The first-order valence-electron chi connectivity index (χ1n) is 9.90. The molecule has 2 amide bonds. The van der Waals surface area contributed by atoms with Gasteiger partial charge in [-0.2, -0.15) is 0 Å². The van der Waals surface area contributed by atoms with Gasteiger partial charge < -0.3 is 19.7 Å². The standard InChI is InChI=1S/C19H34N2O3/c1-14(2)18-16(5-4-10-24-18)13-20-19(22)21-9-3-6-17(21)15-7-11-23-12-8-15/h14-18H,3-13H2,1-2H3,(H,20,22). The number of carbonyl (C=O) groups excluding carboxylic acids is 1. The maximum atomic E-state index is 12.8. The quantitative estimate of drug-likeness (QED) is 0.857. The second-order valence-corrected chi connectivity index (χ2v) is 8.02. The Bertz CT molecular complexity index is 409. The van der Waals surface area contributed by atoms with Gasteiger partial charge in [-0.1, -0.05) is 13.8 Å². The molecular weight excluding hydrogens is 304 g/mol. The van der Waals surface area contributed by atoms with Gasteiger partial charge >= 0.3 is 6.03 Å². The molecule has 3 unspecified atom stereocenters. The summed E-state index contributed by atoms with van der Waals surface area (Å²) in [4.78, 5) is 14.9. The van der Waals surface area contributed by atoms with Crippen molar-refractivity contribution in [3.05, 3.63) is 0 Å². The molecule has 3 heterocycles. The van der Waals surface area contributed by atoms with Gasteiger partial charge in [-0.3, -0.25) is 0 Å². The van der Waals surface area contributed by atoms with Crippen LogP contribution in [0.25, 0.3) is 0 Å². The van der Waals surface area contributed by atoms with Crippen LogP contribution >= 0.6 is 0 Å². The zero-order valence-electron chi connectivity index (χ0n) is 15.3. The lowest BCUT2D eigenvalue weighted by Gasteiger charge is -2.36. The SMILES string of the molecule is CC(C)C1OCCCC1CNC(=O)N1CCCC1C1CCOCC1. The number of carbonyl (C=O) groups is 1. The molecule has 5 heteroatoms. The maximum absolute atomic E-state index is 12.8. The van der Waals surface area contributed by atoms with Crippen LogP contribution in [0.15, 0.2) is 0 Å². The summed E-state index contributed by atoms with van der Waals surface area (Å²) in [6.45, 7) is 8.66. The fourth-order valence-corrected chi connectivity index (χ4v) is 4.78. The van der Waals surface area contributed by atoms with Gasteiger partial charge in [-0.05, 0) is 50.4 Å². The van der Waals surface area contributed by atoms with Gasteiger partial charge in [0.2, 0.25) is 0 Å². The minimum atomic E-state index is 0.136. The van der Waals surface area contributed by atoms with Crippen molar-refractivity contribution < 1.29 is 14.3 Å². The molecule has 0 aromatic carbocycles. The number of nitrogens with zero attached hydrogens (tertiary/aromatic N) is 1. The van der Waals surface area contributed by atoms with E-state index in [9.17, 15) is 4.79 Å². The third-order valence-corrected chi connectivity index (χ3v) is 6.04. The summed E-state index contributed by atoms with van der Waals surface area (Å²) < 4.78 is 11.4. The molecule has 3 fully saturated rings. The van der Waals surface area contributed by atoms with Crippen LogP contribution in [0.4, 0.5) is 4.79 Å². The molecule has 3 aliphatic rings. The maximum Gasteiger partial charge on any atom is 0.317 e. The molecule has 0 aromatic heterocycles. The van der Waals surface area contributed by atoms with E-state index in [4.69, 9.17) is 9.47 Å². The Kier molecular flexibility index (Phi) is 6.39. The molecule has 3 rings (SSSR count).